The molecule has 0 atom stereocenters. The highest BCUT2D eigenvalue weighted by Crippen LogP contribution is 2.29. The maximum atomic E-state index is 12.8. The first-order valence-corrected chi connectivity index (χ1v) is 8.94. The predicted molar refractivity (Wildman–Crippen MR) is 91.4 cm³/mol. The van der Waals surface area contributed by atoms with E-state index in [2.05, 4.69) is 19.7 Å². The second kappa shape index (κ2) is 5.68. The molecule has 0 saturated carbocycles. The molecule has 0 radical (unpaired) electrons. The molecule has 0 N–H and O–H groups in total. The van der Waals surface area contributed by atoms with Crippen LogP contribution in [0.2, 0.25) is 0 Å². The summed E-state index contributed by atoms with van der Waals surface area (Å²) in [6.07, 6.45) is 7.82. The van der Waals surface area contributed by atoms with Crippen molar-refractivity contribution in [2.45, 2.75) is 38.1 Å². The normalized spacial score (nSPS) is 18.0. The van der Waals surface area contributed by atoms with Gasteiger partial charge in [-0.15, -0.1) is 10.2 Å². The third-order valence-electron chi connectivity index (χ3n) is 5.37. The van der Waals surface area contributed by atoms with Gasteiger partial charge in [-0.05, 0) is 31.4 Å². The molecular weight excluding hydrogens is 316 g/mol. The number of imidazole rings is 1. The molecule has 0 aliphatic carbocycles. The molecule has 0 bridgehead atoms. The van der Waals surface area contributed by atoms with Crippen LogP contribution in [0.4, 0.5) is 0 Å². The Bertz CT molecular complexity index is 901. The number of amides is 1. The summed E-state index contributed by atoms with van der Waals surface area (Å²) in [7, 11) is 0. The van der Waals surface area contributed by atoms with Crippen molar-refractivity contribution in [2.75, 3.05) is 13.1 Å². The molecule has 2 aliphatic rings. The molecule has 25 heavy (non-hydrogen) atoms. The number of aryl methyl sites for hydroxylation is 1. The lowest BCUT2D eigenvalue weighted by Crippen LogP contribution is -2.38. The van der Waals surface area contributed by atoms with Gasteiger partial charge in [0, 0.05) is 44.4 Å². The van der Waals surface area contributed by atoms with E-state index in [0.29, 0.717) is 11.6 Å². The van der Waals surface area contributed by atoms with Crippen LogP contribution >= 0.6 is 0 Å². The highest BCUT2D eigenvalue weighted by atomic mass is 16.2. The Morgan fingerprint density at radius 3 is 2.84 bits per heavy atom. The van der Waals surface area contributed by atoms with E-state index in [0.717, 1.165) is 56.2 Å². The van der Waals surface area contributed by atoms with Gasteiger partial charge >= 0.3 is 0 Å². The highest BCUT2D eigenvalue weighted by molar-refractivity contribution is 5.93. The van der Waals surface area contributed by atoms with Gasteiger partial charge < -0.3 is 13.9 Å². The smallest absolute Gasteiger partial charge is 0.274 e. The Morgan fingerprint density at radius 2 is 2.00 bits per heavy atom. The predicted octanol–water partition coefficient (Wildman–Crippen LogP) is 1.89. The lowest BCUT2D eigenvalue weighted by atomic mass is 9.95. The van der Waals surface area contributed by atoms with E-state index in [1.807, 2.05) is 39.9 Å². The number of piperidine rings is 1. The van der Waals surface area contributed by atoms with Crippen molar-refractivity contribution >= 4 is 11.6 Å². The third-order valence-corrected chi connectivity index (χ3v) is 5.37. The standard InChI is InChI=1S/C18H20N6O/c25-18(14-12-23-8-2-1-4-15(23)19-14)22-10-6-13(7-11-22)17-21-20-16-5-3-9-24(16)17/h1-2,4,8,12-13H,3,5-7,9-11H2. The number of pyridine rings is 1. The summed E-state index contributed by atoms with van der Waals surface area (Å²) in [5.41, 5.74) is 1.33. The van der Waals surface area contributed by atoms with Gasteiger partial charge in [-0.1, -0.05) is 6.07 Å². The average Bonchev–Trinajstić information content (AvgIpc) is 3.36. The fraction of sp³-hybridized carbons (Fsp3) is 0.444. The number of likely N-dealkylation sites (tertiary alicyclic amines) is 1. The Morgan fingerprint density at radius 1 is 1.12 bits per heavy atom. The van der Waals surface area contributed by atoms with Gasteiger partial charge in [-0.3, -0.25) is 4.79 Å². The van der Waals surface area contributed by atoms with Crippen LogP contribution in [0.5, 0.6) is 0 Å². The number of carbonyl (C=O) groups is 1. The summed E-state index contributed by atoms with van der Waals surface area (Å²) in [5.74, 6) is 2.67. The topological polar surface area (TPSA) is 68.3 Å². The monoisotopic (exact) mass is 336 g/mol. The van der Waals surface area contributed by atoms with E-state index in [1.54, 1.807) is 0 Å². The van der Waals surface area contributed by atoms with Crippen molar-refractivity contribution in [3.63, 3.8) is 0 Å². The van der Waals surface area contributed by atoms with Crippen LogP contribution in [-0.4, -0.2) is 48.0 Å². The van der Waals surface area contributed by atoms with Crippen molar-refractivity contribution in [1.29, 1.82) is 0 Å². The van der Waals surface area contributed by atoms with E-state index < -0.39 is 0 Å². The molecule has 7 nitrogen and oxygen atoms in total. The fourth-order valence-electron chi connectivity index (χ4n) is 4.02. The van der Waals surface area contributed by atoms with Crippen LogP contribution in [0.1, 0.15) is 47.3 Å². The lowest BCUT2D eigenvalue weighted by Gasteiger charge is -2.31. The highest BCUT2D eigenvalue weighted by Gasteiger charge is 2.30. The van der Waals surface area contributed by atoms with E-state index in [-0.39, 0.29) is 5.91 Å². The summed E-state index contributed by atoms with van der Waals surface area (Å²) in [5, 5.41) is 8.73. The summed E-state index contributed by atoms with van der Waals surface area (Å²) in [6, 6.07) is 5.78. The quantitative estimate of drug-likeness (QED) is 0.717. The van der Waals surface area contributed by atoms with Crippen molar-refractivity contribution in [2.24, 2.45) is 0 Å². The number of carbonyl (C=O) groups excluding carboxylic acids is 1. The molecule has 7 heteroatoms. The summed E-state index contributed by atoms with van der Waals surface area (Å²) < 4.78 is 4.17. The minimum Gasteiger partial charge on any atom is -0.337 e. The van der Waals surface area contributed by atoms with Crippen molar-refractivity contribution in [1.82, 2.24) is 29.0 Å². The summed E-state index contributed by atoms with van der Waals surface area (Å²) in [6.45, 7) is 2.54. The fourth-order valence-corrected chi connectivity index (χ4v) is 4.02. The van der Waals surface area contributed by atoms with Crippen LogP contribution in [-0.2, 0) is 13.0 Å². The van der Waals surface area contributed by atoms with Crippen LogP contribution in [0, 0.1) is 0 Å². The van der Waals surface area contributed by atoms with Crippen LogP contribution in [0.15, 0.2) is 30.6 Å². The Labute approximate surface area is 145 Å². The lowest BCUT2D eigenvalue weighted by molar-refractivity contribution is 0.0705. The molecule has 128 valence electrons. The molecule has 1 saturated heterocycles. The van der Waals surface area contributed by atoms with Crippen LogP contribution in [0.3, 0.4) is 0 Å². The maximum absolute atomic E-state index is 12.8. The molecule has 1 fully saturated rings. The van der Waals surface area contributed by atoms with Gasteiger partial charge in [0.2, 0.25) is 0 Å². The zero-order chi connectivity index (χ0) is 16.8. The molecule has 0 aromatic carbocycles. The van der Waals surface area contributed by atoms with E-state index in [4.69, 9.17) is 0 Å². The van der Waals surface area contributed by atoms with Crippen molar-refractivity contribution < 1.29 is 4.79 Å². The van der Waals surface area contributed by atoms with E-state index >= 15 is 0 Å². The molecule has 0 spiro atoms. The van der Waals surface area contributed by atoms with Crippen molar-refractivity contribution in [3.8, 4) is 0 Å². The number of hydrogen-bond donors (Lipinski definition) is 0. The second-order valence-electron chi connectivity index (χ2n) is 6.89. The molecule has 0 unspecified atom stereocenters. The Hall–Kier alpha value is -2.70. The van der Waals surface area contributed by atoms with Gasteiger partial charge in [0.25, 0.3) is 5.91 Å². The second-order valence-corrected chi connectivity index (χ2v) is 6.89. The largest absolute Gasteiger partial charge is 0.337 e. The number of rotatable bonds is 2. The number of aromatic nitrogens is 5. The molecule has 3 aromatic heterocycles. The van der Waals surface area contributed by atoms with Crippen LogP contribution in [0.25, 0.3) is 5.65 Å². The van der Waals surface area contributed by atoms with Gasteiger partial charge in [0.05, 0.1) is 0 Å². The number of fused-ring (bicyclic) bond motifs is 2. The molecule has 2 aliphatic heterocycles. The first-order valence-electron chi connectivity index (χ1n) is 8.94. The minimum absolute atomic E-state index is 0.0219. The first-order chi connectivity index (χ1) is 12.3. The minimum atomic E-state index is 0.0219. The van der Waals surface area contributed by atoms with Crippen LogP contribution < -0.4 is 0 Å². The van der Waals surface area contributed by atoms with E-state index in [9.17, 15) is 4.79 Å². The zero-order valence-corrected chi connectivity index (χ0v) is 14.0. The zero-order valence-electron chi connectivity index (χ0n) is 14.0. The van der Waals surface area contributed by atoms with Gasteiger partial charge in [0.15, 0.2) is 0 Å². The molecule has 3 aromatic rings. The maximum Gasteiger partial charge on any atom is 0.274 e. The van der Waals surface area contributed by atoms with E-state index in [1.165, 1.54) is 6.42 Å². The molecule has 5 heterocycles. The summed E-state index contributed by atoms with van der Waals surface area (Å²) in [4.78, 5) is 19.1. The first kappa shape index (κ1) is 14.6. The Kier molecular flexibility index (Phi) is 3.33. The van der Waals surface area contributed by atoms with Gasteiger partial charge in [0.1, 0.15) is 23.0 Å². The third kappa shape index (κ3) is 2.42. The molecular formula is C18H20N6O. The average molecular weight is 336 g/mol. The van der Waals surface area contributed by atoms with Crippen molar-refractivity contribution in [3.05, 3.63) is 47.9 Å². The summed E-state index contributed by atoms with van der Waals surface area (Å²) >= 11 is 0. The molecule has 1 amide bonds. The SMILES string of the molecule is O=C(c1cn2ccccc2n1)N1CCC(c2nnc3n2CCC3)CC1. The number of hydrogen-bond acceptors (Lipinski definition) is 4. The van der Waals surface area contributed by atoms with Gasteiger partial charge in [-0.25, -0.2) is 4.98 Å². The number of nitrogens with zero attached hydrogens (tertiary/aromatic N) is 6. The van der Waals surface area contributed by atoms with Gasteiger partial charge in [-0.2, -0.15) is 0 Å². The molecule has 5 rings (SSSR count). The Balaban J connectivity index is 1.30.